The van der Waals surface area contributed by atoms with Crippen LogP contribution in [-0.2, 0) is 16.6 Å². The van der Waals surface area contributed by atoms with Crippen molar-refractivity contribution < 1.29 is 28.6 Å². The van der Waals surface area contributed by atoms with Crippen molar-refractivity contribution in [2.45, 2.75) is 6.92 Å². The van der Waals surface area contributed by atoms with E-state index in [9.17, 15) is 14.4 Å². The summed E-state index contributed by atoms with van der Waals surface area (Å²) in [4.78, 5) is 35.3. The van der Waals surface area contributed by atoms with Crippen molar-refractivity contribution >= 4 is 23.3 Å². The van der Waals surface area contributed by atoms with Crippen molar-refractivity contribution in [3.63, 3.8) is 0 Å². The predicted molar refractivity (Wildman–Crippen MR) is 86.9 cm³/mol. The van der Waals surface area contributed by atoms with Crippen LogP contribution in [0.15, 0.2) is 30.5 Å². The molecule has 0 spiro atoms. The monoisotopic (exact) mass is 344 g/mol. The Labute approximate surface area is 143 Å². The van der Waals surface area contributed by atoms with Crippen LogP contribution in [0.3, 0.4) is 0 Å². The molecule has 1 N–H and O–H groups in total. The number of nitrogens with zero attached hydrogens (tertiary/aromatic N) is 1. The third-order valence-corrected chi connectivity index (χ3v) is 3.61. The van der Waals surface area contributed by atoms with Crippen LogP contribution in [0.25, 0.3) is 0 Å². The van der Waals surface area contributed by atoms with Gasteiger partial charge in [-0.05, 0) is 25.1 Å². The highest BCUT2D eigenvalue weighted by Crippen LogP contribution is 2.34. The molecule has 1 aliphatic heterocycles. The number of hydrogen-bond acceptors (Lipinski definition) is 6. The van der Waals surface area contributed by atoms with Crippen LogP contribution < -0.4 is 14.8 Å². The minimum Gasteiger partial charge on any atom is -0.454 e. The number of ether oxygens (including phenoxy) is 3. The summed E-state index contributed by atoms with van der Waals surface area (Å²) in [6.07, 6.45) is 1.53. The minimum atomic E-state index is -0.684. The van der Waals surface area contributed by atoms with Gasteiger partial charge in [-0.1, -0.05) is 0 Å². The molecule has 8 nitrogen and oxygen atoms in total. The maximum atomic E-state index is 12.0. The van der Waals surface area contributed by atoms with Crippen LogP contribution in [0.1, 0.15) is 27.8 Å². The van der Waals surface area contributed by atoms with Gasteiger partial charge < -0.3 is 24.1 Å². The Morgan fingerprint density at radius 3 is 2.68 bits per heavy atom. The van der Waals surface area contributed by atoms with Gasteiger partial charge in [-0.3, -0.25) is 9.59 Å². The first-order chi connectivity index (χ1) is 11.9. The molecule has 130 valence electrons. The molecule has 0 fully saturated rings. The van der Waals surface area contributed by atoms with Crippen LogP contribution >= 0.6 is 0 Å². The summed E-state index contributed by atoms with van der Waals surface area (Å²) in [7, 11) is 1.62. The molecule has 0 unspecified atom stereocenters. The Morgan fingerprint density at radius 2 is 1.96 bits per heavy atom. The van der Waals surface area contributed by atoms with Gasteiger partial charge in [0.1, 0.15) is 5.69 Å². The fourth-order valence-corrected chi connectivity index (χ4v) is 2.34. The van der Waals surface area contributed by atoms with Gasteiger partial charge in [-0.25, -0.2) is 4.79 Å². The maximum absolute atomic E-state index is 12.0. The highest BCUT2D eigenvalue weighted by Gasteiger charge is 2.17. The number of fused-ring (bicyclic) bond motifs is 1. The third-order valence-electron chi connectivity index (χ3n) is 3.61. The smallest absolute Gasteiger partial charge is 0.355 e. The van der Waals surface area contributed by atoms with Gasteiger partial charge in [-0.15, -0.1) is 0 Å². The van der Waals surface area contributed by atoms with Crippen molar-refractivity contribution in [3.05, 3.63) is 41.7 Å². The number of aryl methyl sites for hydroxylation is 1. The maximum Gasteiger partial charge on any atom is 0.355 e. The molecule has 8 heteroatoms. The second-order valence-corrected chi connectivity index (χ2v) is 5.47. The van der Waals surface area contributed by atoms with Gasteiger partial charge in [0.15, 0.2) is 23.9 Å². The van der Waals surface area contributed by atoms with E-state index in [4.69, 9.17) is 14.2 Å². The van der Waals surface area contributed by atoms with Crippen molar-refractivity contribution in [2.24, 2.45) is 7.05 Å². The van der Waals surface area contributed by atoms with Gasteiger partial charge in [0.2, 0.25) is 6.79 Å². The lowest BCUT2D eigenvalue weighted by molar-refractivity contribution is -0.119. The summed E-state index contributed by atoms with van der Waals surface area (Å²) in [5.41, 5.74) is 1.10. The number of anilines is 1. The lowest BCUT2D eigenvalue weighted by Gasteiger charge is -2.07. The predicted octanol–water partition coefficient (Wildman–Crippen LogP) is 1.75. The average Bonchev–Trinajstić information content (AvgIpc) is 3.18. The van der Waals surface area contributed by atoms with Gasteiger partial charge in [0.25, 0.3) is 5.91 Å². The molecule has 1 aliphatic rings. The van der Waals surface area contributed by atoms with Crippen LogP contribution in [-0.4, -0.2) is 35.6 Å². The number of Topliss-reactive ketones (excluding diaryl/α,β-unsaturated/α-hetero) is 1. The number of carbonyl (C=O) groups is 3. The number of esters is 1. The molecule has 2 heterocycles. The number of hydrogen-bond donors (Lipinski definition) is 1. The molecule has 1 aromatic carbocycles. The van der Waals surface area contributed by atoms with Gasteiger partial charge in [-0.2, -0.15) is 0 Å². The van der Waals surface area contributed by atoms with Crippen LogP contribution in [0.5, 0.6) is 11.5 Å². The molecule has 0 atom stereocenters. The third kappa shape index (κ3) is 3.63. The molecule has 2 aromatic rings. The number of benzene rings is 1. The molecule has 0 saturated carbocycles. The zero-order valence-corrected chi connectivity index (χ0v) is 13.7. The van der Waals surface area contributed by atoms with E-state index in [1.807, 2.05) is 0 Å². The molecule has 1 aromatic heterocycles. The SMILES string of the molecule is CC(=O)c1cc(C(=O)OCC(=O)Nc2ccc3c(c2)OCO3)n(C)c1. The summed E-state index contributed by atoms with van der Waals surface area (Å²) >= 11 is 0. The number of ketones is 1. The first kappa shape index (κ1) is 16.6. The Morgan fingerprint density at radius 1 is 1.20 bits per heavy atom. The first-order valence-electron chi connectivity index (χ1n) is 7.48. The second kappa shape index (κ2) is 6.68. The van der Waals surface area contributed by atoms with E-state index >= 15 is 0 Å². The van der Waals surface area contributed by atoms with Crippen LogP contribution in [0.2, 0.25) is 0 Å². The van der Waals surface area contributed by atoms with E-state index < -0.39 is 18.5 Å². The average molecular weight is 344 g/mol. The molecule has 0 aliphatic carbocycles. The summed E-state index contributed by atoms with van der Waals surface area (Å²) in [5, 5.41) is 2.60. The molecule has 0 radical (unpaired) electrons. The summed E-state index contributed by atoms with van der Waals surface area (Å²) < 4.78 is 16.9. The Hall–Kier alpha value is -3.29. The van der Waals surface area contributed by atoms with Gasteiger partial charge in [0, 0.05) is 30.6 Å². The molecule has 1 amide bonds. The first-order valence-corrected chi connectivity index (χ1v) is 7.48. The summed E-state index contributed by atoms with van der Waals surface area (Å²) in [5.74, 6) is -0.191. The molecular weight excluding hydrogens is 328 g/mol. The lowest BCUT2D eigenvalue weighted by Crippen LogP contribution is -2.21. The zero-order chi connectivity index (χ0) is 18.0. The standard InChI is InChI=1S/C17H16N2O6/c1-10(20)11-5-13(19(2)7-11)17(22)23-8-16(21)18-12-3-4-14-15(6-12)25-9-24-14/h3-7H,8-9H2,1-2H3,(H,18,21). The van der Waals surface area contributed by atoms with E-state index in [2.05, 4.69) is 5.32 Å². The fourth-order valence-electron chi connectivity index (χ4n) is 2.34. The van der Waals surface area contributed by atoms with Gasteiger partial charge in [0.05, 0.1) is 0 Å². The quantitative estimate of drug-likeness (QED) is 0.656. The van der Waals surface area contributed by atoms with Crippen molar-refractivity contribution in [2.75, 3.05) is 18.7 Å². The van der Waals surface area contributed by atoms with E-state index in [0.29, 0.717) is 22.7 Å². The molecule has 25 heavy (non-hydrogen) atoms. The molecular formula is C17H16N2O6. The topological polar surface area (TPSA) is 95.9 Å². The Balaban J connectivity index is 1.57. The molecule has 0 saturated heterocycles. The minimum absolute atomic E-state index is 0.142. The number of carbonyl (C=O) groups excluding carboxylic acids is 3. The lowest BCUT2D eigenvalue weighted by atomic mass is 10.2. The number of nitrogens with one attached hydrogen (secondary N) is 1. The molecule has 0 bridgehead atoms. The van der Waals surface area contributed by atoms with Crippen LogP contribution in [0.4, 0.5) is 5.69 Å². The highest BCUT2D eigenvalue weighted by atomic mass is 16.7. The fraction of sp³-hybridized carbons (Fsp3) is 0.235. The summed E-state index contributed by atoms with van der Waals surface area (Å²) in [6, 6.07) is 6.39. The Bertz CT molecular complexity index is 855. The normalized spacial score (nSPS) is 11.9. The number of amides is 1. The van der Waals surface area contributed by atoms with Crippen LogP contribution in [0, 0.1) is 0 Å². The van der Waals surface area contributed by atoms with Crippen molar-refractivity contribution in [3.8, 4) is 11.5 Å². The highest BCUT2D eigenvalue weighted by molar-refractivity contribution is 5.99. The van der Waals surface area contributed by atoms with E-state index in [1.54, 1.807) is 25.2 Å². The van der Waals surface area contributed by atoms with E-state index in [1.165, 1.54) is 23.8 Å². The Kier molecular flexibility index (Phi) is 4.42. The van der Waals surface area contributed by atoms with Crippen molar-refractivity contribution in [1.82, 2.24) is 4.57 Å². The second-order valence-electron chi connectivity index (χ2n) is 5.47. The summed E-state index contributed by atoms with van der Waals surface area (Å²) in [6.45, 7) is 1.10. The zero-order valence-electron chi connectivity index (χ0n) is 13.7. The van der Waals surface area contributed by atoms with Gasteiger partial charge >= 0.3 is 5.97 Å². The largest absolute Gasteiger partial charge is 0.454 e. The number of aromatic nitrogens is 1. The van der Waals surface area contributed by atoms with Crippen molar-refractivity contribution in [1.29, 1.82) is 0 Å². The van der Waals surface area contributed by atoms with E-state index in [0.717, 1.165) is 0 Å². The molecule has 3 rings (SSSR count). The number of rotatable bonds is 5. The van der Waals surface area contributed by atoms with E-state index in [-0.39, 0.29) is 18.3 Å².